The van der Waals surface area contributed by atoms with E-state index in [1.165, 1.54) is 28.2 Å². The zero-order valence-corrected chi connectivity index (χ0v) is 15.1. The highest BCUT2D eigenvalue weighted by Crippen LogP contribution is 2.24. The maximum absolute atomic E-state index is 12.6. The van der Waals surface area contributed by atoms with Crippen LogP contribution < -0.4 is 5.32 Å². The van der Waals surface area contributed by atoms with E-state index in [4.69, 9.17) is 0 Å². The number of piperidine rings is 1. The second kappa shape index (κ2) is 6.61. The van der Waals surface area contributed by atoms with Gasteiger partial charge in [-0.2, -0.15) is 4.31 Å². The van der Waals surface area contributed by atoms with Crippen molar-refractivity contribution in [1.82, 2.24) is 18.8 Å². The van der Waals surface area contributed by atoms with E-state index in [0.29, 0.717) is 24.5 Å². The fourth-order valence-electron chi connectivity index (χ4n) is 2.65. The van der Waals surface area contributed by atoms with Gasteiger partial charge in [0.25, 0.3) is 10.0 Å². The highest BCUT2D eigenvalue weighted by atomic mass is 32.2. The Morgan fingerprint density at radius 2 is 2.25 bits per heavy atom. The molecular weight excluding hydrogens is 350 g/mol. The van der Waals surface area contributed by atoms with E-state index in [1.54, 1.807) is 11.6 Å². The molecule has 0 radical (unpaired) electrons. The first-order valence-electron chi connectivity index (χ1n) is 7.57. The third-order valence-corrected chi connectivity index (χ3v) is 6.52. The highest BCUT2D eigenvalue weighted by Gasteiger charge is 2.34. The molecule has 1 saturated heterocycles. The topological polar surface area (TPSA) is 97.2 Å². The van der Waals surface area contributed by atoms with Gasteiger partial charge in [0.1, 0.15) is 0 Å². The lowest BCUT2D eigenvalue weighted by Gasteiger charge is -2.30. The second-order valence-corrected chi connectivity index (χ2v) is 8.61. The van der Waals surface area contributed by atoms with Crippen LogP contribution in [0.5, 0.6) is 0 Å². The zero-order chi connectivity index (χ0) is 17.3. The van der Waals surface area contributed by atoms with E-state index in [0.717, 1.165) is 5.69 Å². The minimum Gasteiger partial charge on any atom is -0.339 e. The van der Waals surface area contributed by atoms with Crippen LogP contribution in [-0.4, -0.2) is 46.3 Å². The predicted octanol–water partition coefficient (Wildman–Crippen LogP) is 1.22. The highest BCUT2D eigenvalue weighted by molar-refractivity contribution is 7.89. The van der Waals surface area contributed by atoms with Gasteiger partial charge in [0.05, 0.1) is 17.9 Å². The molecule has 10 heteroatoms. The minimum absolute atomic E-state index is 0.0154. The second-order valence-electron chi connectivity index (χ2n) is 5.86. The standard InChI is InChI=1S/C14H19N5O3S2/c1-10-8-23-14(16-10)17-13(20)11-4-3-5-19(6-11)24(21,22)12-7-18(2)9-15-12/h7-9,11H,3-6H2,1-2H3,(H,16,17,20)/t11-/m1/s1. The Kier molecular flexibility index (Phi) is 4.70. The molecule has 1 aliphatic rings. The number of nitrogens with zero attached hydrogens (tertiary/aromatic N) is 4. The number of imidazole rings is 1. The summed E-state index contributed by atoms with van der Waals surface area (Å²) >= 11 is 1.36. The van der Waals surface area contributed by atoms with Gasteiger partial charge in [-0.15, -0.1) is 11.3 Å². The van der Waals surface area contributed by atoms with Gasteiger partial charge in [-0.3, -0.25) is 4.79 Å². The smallest absolute Gasteiger partial charge is 0.262 e. The number of carbonyl (C=O) groups excluding carboxylic acids is 1. The van der Waals surface area contributed by atoms with Crippen molar-refractivity contribution in [2.45, 2.75) is 24.8 Å². The van der Waals surface area contributed by atoms with E-state index in [-0.39, 0.29) is 23.4 Å². The van der Waals surface area contributed by atoms with Crippen LogP contribution in [0.25, 0.3) is 0 Å². The summed E-state index contributed by atoms with van der Waals surface area (Å²) in [6, 6.07) is 0. The Morgan fingerprint density at radius 3 is 2.88 bits per heavy atom. The molecule has 2 aromatic heterocycles. The number of sulfonamides is 1. The lowest BCUT2D eigenvalue weighted by molar-refractivity contribution is -0.120. The van der Waals surface area contributed by atoms with E-state index in [9.17, 15) is 13.2 Å². The van der Waals surface area contributed by atoms with Gasteiger partial charge in [-0.1, -0.05) is 0 Å². The Labute approximate surface area is 144 Å². The van der Waals surface area contributed by atoms with Crippen LogP contribution in [0.2, 0.25) is 0 Å². The first-order chi connectivity index (χ1) is 11.4. The summed E-state index contributed by atoms with van der Waals surface area (Å²) in [7, 11) is -1.95. The van der Waals surface area contributed by atoms with Gasteiger partial charge in [-0.05, 0) is 19.8 Å². The summed E-state index contributed by atoms with van der Waals surface area (Å²) in [6.45, 7) is 2.42. The fourth-order valence-corrected chi connectivity index (χ4v) is 4.83. The summed E-state index contributed by atoms with van der Waals surface area (Å²) in [6.07, 6.45) is 4.22. The average molecular weight is 369 g/mol. The fraction of sp³-hybridized carbons (Fsp3) is 0.500. The molecule has 1 amide bonds. The van der Waals surface area contributed by atoms with Crippen LogP contribution >= 0.6 is 11.3 Å². The average Bonchev–Trinajstić information content (AvgIpc) is 3.16. The van der Waals surface area contributed by atoms with Crippen molar-refractivity contribution < 1.29 is 13.2 Å². The lowest BCUT2D eigenvalue weighted by Crippen LogP contribution is -2.43. The molecule has 1 aliphatic heterocycles. The number of thiazole rings is 1. The van der Waals surface area contributed by atoms with E-state index >= 15 is 0 Å². The molecule has 1 N–H and O–H groups in total. The van der Waals surface area contributed by atoms with Gasteiger partial charge in [0.2, 0.25) is 5.91 Å². The Balaban J connectivity index is 1.71. The van der Waals surface area contributed by atoms with Crippen LogP contribution in [0, 0.1) is 12.8 Å². The van der Waals surface area contributed by atoms with Crippen molar-refractivity contribution in [3.8, 4) is 0 Å². The monoisotopic (exact) mass is 369 g/mol. The minimum atomic E-state index is -3.67. The lowest BCUT2D eigenvalue weighted by atomic mass is 9.99. The normalized spacial score (nSPS) is 19.3. The molecule has 1 fully saturated rings. The molecule has 3 rings (SSSR count). The molecule has 8 nitrogen and oxygen atoms in total. The number of aryl methyl sites for hydroxylation is 2. The Hall–Kier alpha value is -1.78. The molecule has 24 heavy (non-hydrogen) atoms. The van der Waals surface area contributed by atoms with Crippen molar-refractivity contribution in [2.24, 2.45) is 13.0 Å². The Bertz CT molecular complexity index is 842. The largest absolute Gasteiger partial charge is 0.339 e. The van der Waals surface area contributed by atoms with Crippen molar-refractivity contribution >= 4 is 32.4 Å². The number of hydrogen-bond donors (Lipinski definition) is 1. The van der Waals surface area contributed by atoms with Crippen LogP contribution in [0.15, 0.2) is 22.9 Å². The zero-order valence-electron chi connectivity index (χ0n) is 13.5. The molecule has 0 unspecified atom stereocenters. The number of amides is 1. The van der Waals surface area contributed by atoms with Gasteiger partial charge in [0, 0.05) is 31.7 Å². The van der Waals surface area contributed by atoms with Crippen molar-refractivity contribution in [3.05, 3.63) is 23.6 Å². The van der Waals surface area contributed by atoms with E-state index in [2.05, 4.69) is 15.3 Å². The Morgan fingerprint density at radius 1 is 1.46 bits per heavy atom. The third kappa shape index (κ3) is 3.50. The van der Waals surface area contributed by atoms with Crippen LogP contribution in [0.3, 0.4) is 0 Å². The molecule has 3 heterocycles. The predicted molar refractivity (Wildman–Crippen MR) is 90.2 cm³/mol. The van der Waals surface area contributed by atoms with Crippen LogP contribution in [0.1, 0.15) is 18.5 Å². The van der Waals surface area contributed by atoms with Crippen molar-refractivity contribution in [2.75, 3.05) is 18.4 Å². The van der Waals surface area contributed by atoms with Crippen molar-refractivity contribution in [3.63, 3.8) is 0 Å². The molecule has 1 atom stereocenters. The third-order valence-electron chi connectivity index (χ3n) is 3.89. The maximum Gasteiger partial charge on any atom is 0.262 e. The van der Waals surface area contributed by atoms with Gasteiger partial charge < -0.3 is 9.88 Å². The molecule has 0 bridgehead atoms. The first-order valence-corrected chi connectivity index (χ1v) is 9.89. The summed E-state index contributed by atoms with van der Waals surface area (Å²) in [5.41, 5.74) is 0.846. The van der Waals surface area contributed by atoms with E-state index in [1.807, 2.05) is 12.3 Å². The SMILES string of the molecule is Cc1csc(NC(=O)[C@@H]2CCCN(S(=O)(=O)c3cn(C)cn3)C2)n1. The molecule has 0 aromatic carbocycles. The number of rotatable bonds is 4. The number of aromatic nitrogens is 3. The van der Waals surface area contributed by atoms with Gasteiger partial charge >= 0.3 is 0 Å². The first kappa shape index (κ1) is 17.1. The molecular formula is C14H19N5O3S2. The van der Waals surface area contributed by atoms with Crippen LogP contribution in [0.4, 0.5) is 5.13 Å². The number of carbonyl (C=O) groups is 1. The number of hydrogen-bond acceptors (Lipinski definition) is 6. The quantitative estimate of drug-likeness (QED) is 0.874. The summed E-state index contributed by atoms with van der Waals surface area (Å²) in [4.78, 5) is 20.5. The van der Waals surface area contributed by atoms with Crippen molar-refractivity contribution in [1.29, 1.82) is 0 Å². The summed E-state index contributed by atoms with van der Waals surface area (Å²) < 4.78 is 28.2. The van der Waals surface area contributed by atoms with Crippen LogP contribution in [-0.2, 0) is 21.9 Å². The summed E-state index contributed by atoms with van der Waals surface area (Å²) in [5, 5.41) is 5.19. The summed E-state index contributed by atoms with van der Waals surface area (Å²) in [5.74, 6) is -0.577. The number of anilines is 1. The maximum atomic E-state index is 12.6. The molecule has 0 saturated carbocycles. The molecule has 2 aromatic rings. The van der Waals surface area contributed by atoms with Gasteiger partial charge in [-0.25, -0.2) is 18.4 Å². The molecule has 0 spiro atoms. The number of nitrogens with one attached hydrogen (secondary N) is 1. The molecule has 130 valence electrons. The molecule has 0 aliphatic carbocycles. The van der Waals surface area contributed by atoms with Gasteiger partial charge in [0.15, 0.2) is 10.2 Å². The van der Waals surface area contributed by atoms with E-state index < -0.39 is 10.0 Å².